The van der Waals surface area contributed by atoms with Gasteiger partial charge in [0.25, 0.3) is 0 Å². The predicted molar refractivity (Wildman–Crippen MR) is 118 cm³/mol. The monoisotopic (exact) mass is 384 g/mol. The average molecular weight is 384 g/mol. The van der Waals surface area contributed by atoms with E-state index in [2.05, 4.69) is 37.3 Å². The van der Waals surface area contributed by atoms with Crippen LogP contribution in [-0.4, -0.2) is 11.1 Å². The van der Waals surface area contributed by atoms with Crippen LogP contribution >= 0.6 is 0 Å². The quantitative estimate of drug-likeness (QED) is 0.490. The Bertz CT molecular complexity index is 1020. The Balaban J connectivity index is 1.74. The van der Waals surface area contributed by atoms with Gasteiger partial charge in [0, 0.05) is 6.08 Å². The van der Waals surface area contributed by atoms with Crippen molar-refractivity contribution in [1.29, 1.82) is 0 Å². The van der Waals surface area contributed by atoms with Crippen LogP contribution < -0.4 is 4.74 Å². The second kappa shape index (κ2) is 10.1. The highest BCUT2D eigenvalue weighted by Gasteiger charge is 2.06. The van der Waals surface area contributed by atoms with Gasteiger partial charge >= 0.3 is 5.97 Å². The first-order chi connectivity index (χ1) is 14.1. The molecule has 0 spiro atoms. The van der Waals surface area contributed by atoms with Gasteiger partial charge in [-0.1, -0.05) is 84.9 Å². The molecule has 0 atom stereocenters. The van der Waals surface area contributed by atoms with E-state index in [1.807, 2.05) is 54.6 Å². The van der Waals surface area contributed by atoms with E-state index in [-0.39, 0.29) is 0 Å². The second-order valence-electron chi connectivity index (χ2n) is 6.74. The lowest BCUT2D eigenvalue weighted by molar-refractivity contribution is -0.131. The fourth-order valence-electron chi connectivity index (χ4n) is 3.10. The third kappa shape index (κ3) is 5.94. The summed E-state index contributed by atoms with van der Waals surface area (Å²) < 4.78 is 6.14. The second-order valence-corrected chi connectivity index (χ2v) is 6.74. The summed E-state index contributed by atoms with van der Waals surface area (Å²) in [5.74, 6) is -0.0381. The highest BCUT2D eigenvalue weighted by molar-refractivity contribution is 5.86. The molecule has 0 aliphatic heterocycles. The Hall–Kier alpha value is -3.59. The van der Waals surface area contributed by atoms with Crippen LogP contribution in [0.15, 0.2) is 84.9 Å². The fourth-order valence-corrected chi connectivity index (χ4v) is 3.10. The summed E-state index contributed by atoms with van der Waals surface area (Å²) >= 11 is 0. The average Bonchev–Trinajstić information content (AvgIpc) is 2.73. The molecule has 0 unspecified atom stereocenters. The van der Waals surface area contributed by atoms with Crippen LogP contribution in [-0.2, 0) is 17.8 Å². The van der Waals surface area contributed by atoms with Gasteiger partial charge in [-0.15, -0.1) is 0 Å². The first-order valence-electron chi connectivity index (χ1n) is 9.55. The molecular weight excluding hydrogens is 360 g/mol. The Morgan fingerprint density at radius 2 is 1.59 bits per heavy atom. The van der Waals surface area contributed by atoms with Crippen molar-refractivity contribution in [3.63, 3.8) is 0 Å². The first-order valence-corrected chi connectivity index (χ1v) is 9.55. The van der Waals surface area contributed by atoms with E-state index in [4.69, 9.17) is 9.84 Å². The highest BCUT2D eigenvalue weighted by atomic mass is 16.5. The van der Waals surface area contributed by atoms with Crippen molar-refractivity contribution in [3.05, 3.63) is 113 Å². The van der Waals surface area contributed by atoms with Crippen molar-refractivity contribution in [2.45, 2.75) is 20.0 Å². The molecule has 0 aliphatic rings. The Kier molecular flexibility index (Phi) is 7.01. The van der Waals surface area contributed by atoms with Crippen LogP contribution in [0, 0.1) is 6.92 Å². The maximum Gasteiger partial charge on any atom is 0.328 e. The van der Waals surface area contributed by atoms with E-state index in [9.17, 15) is 4.79 Å². The number of carboxylic acids is 1. The van der Waals surface area contributed by atoms with Gasteiger partial charge in [-0.2, -0.15) is 0 Å². The molecule has 3 nitrogen and oxygen atoms in total. The number of benzene rings is 3. The molecule has 0 heterocycles. The molecule has 0 aliphatic carbocycles. The number of para-hydroxylation sites is 1. The standard InChI is InChI=1S/C26H24O3/c1-20-9-7-15-24(26(20)29-19-21-10-3-2-4-11-21)16-8-14-22-12-5-6-13-23(22)17-18-25(27)28/h2-15,17-18H,16,19H2,1H3,(H,27,28). The van der Waals surface area contributed by atoms with Gasteiger partial charge in [-0.05, 0) is 47.2 Å². The largest absolute Gasteiger partial charge is 0.488 e. The van der Waals surface area contributed by atoms with Crippen LogP contribution in [0.1, 0.15) is 27.8 Å². The zero-order chi connectivity index (χ0) is 20.5. The fraction of sp³-hybridized carbons (Fsp3) is 0.115. The Morgan fingerprint density at radius 1 is 0.897 bits per heavy atom. The lowest BCUT2D eigenvalue weighted by Gasteiger charge is -2.13. The summed E-state index contributed by atoms with van der Waals surface area (Å²) in [6.45, 7) is 2.59. The number of hydrogen-bond donors (Lipinski definition) is 1. The first kappa shape index (κ1) is 20.2. The van der Waals surface area contributed by atoms with E-state index < -0.39 is 5.97 Å². The van der Waals surface area contributed by atoms with Gasteiger partial charge < -0.3 is 9.84 Å². The van der Waals surface area contributed by atoms with E-state index in [0.29, 0.717) is 6.61 Å². The van der Waals surface area contributed by atoms with Crippen molar-refractivity contribution in [2.75, 3.05) is 0 Å². The van der Waals surface area contributed by atoms with Crippen molar-refractivity contribution >= 4 is 18.1 Å². The Labute approximate surface area is 171 Å². The number of aryl methyl sites for hydroxylation is 1. The van der Waals surface area contributed by atoms with Gasteiger partial charge in [-0.25, -0.2) is 4.79 Å². The lowest BCUT2D eigenvalue weighted by atomic mass is 10.0. The summed E-state index contributed by atoms with van der Waals surface area (Å²) in [5.41, 5.74) is 5.21. The molecule has 146 valence electrons. The zero-order valence-electron chi connectivity index (χ0n) is 16.4. The maximum absolute atomic E-state index is 10.8. The molecular formula is C26H24O3. The molecule has 29 heavy (non-hydrogen) atoms. The molecule has 3 rings (SSSR count). The van der Waals surface area contributed by atoms with Crippen LogP contribution in [0.4, 0.5) is 0 Å². The van der Waals surface area contributed by atoms with Crippen molar-refractivity contribution in [1.82, 2.24) is 0 Å². The van der Waals surface area contributed by atoms with E-state index >= 15 is 0 Å². The number of hydrogen-bond acceptors (Lipinski definition) is 2. The smallest absolute Gasteiger partial charge is 0.328 e. The van der Waals surface area contributed by atoms with Crippen LogP contribution in [0.25, 0.3) is 12.2 Å². The normalized spacial score (nSPS) is 11.2. The molecule has 0 amide bonds. The highest BCUT2D eigenvalue weighted by Crippen LogP contribution is 2.26. The lowest BCUT2D eigenvalue weighted by Crippen LogP contribution is -2.00. The minimum absolute atomic E-state index is 0.533. The molecule has 1 N–H and O–H groups in total. The van der Waals surface area contributed by atoms with Gasteiger partial charge in [0.15, 0.2) is 0 Å². The molecule has 0 aromatic heterocycles. The minimum atomic E-state index is -0.955. The van der Waals surface area contributed by atoms with Gasteiger partial charge in [0.2, 0.25) is 0 Å². The topological polar surface area (TPSA) is 46.5 Å². The summed E-state index contributed by atoms with van der Waals surface area (Å²) in [7, 11) is 0. The number of aliphatic carboxylic acids is 1. The van der Waals surface area contributed by atoms with Crippen molar-refractivity contribution in [2.24, 2.45) is 0 Å². The van der Waals surface area contributed by atoms with Crippen LogP contribution in [0.3, 0.4) is 0 Å². The minimum Gasteiger partial charge on any atom is -0.488 e. The molecule has 0 radical (unpaired) electrons. The SMILES string of the molecule is Cc1cccc(CC=Cc2ccccc2C=CC(=O)O)c1OCc1ccccc1. The number of carboxylic acid groups (broad SMARTS) is 1. The van der Waals surface area contributed by atoms with E-state index in [1.165, 1.54) is 0 Å². The summed E-state index contributed by atoms with van der Waals surface area (Å²) in [4.78, 5) is 10.8. The molecule has 3 aromatic rings. The Morgan fingerprint density at radius 3 is 2.31 bits per heavy atom. The summed E-state index contributed by atoms with van der Waals surface area (Å²) in [6.07, 6.45) is 7.59. The molecule has 3 heteroatoms. The van der Waals surface area contributed by atoms with Gasteiger partial charge in [-0.3, -0.25) is 0 Å². The van der Waals surface area contributed by atoms with E-state index in [0.717, 1.165) is 46.1 Å². The maximum atomic E-state index is 10.8. The molecule has 0 fully saturated rings. The number of ether oxygens (including phenoxy) is 1. The summed E-state index contributed by atoms with van der Waals surface area (Å²) in [6, 6.07) is 24.0. The molecule has 3 aromatic carbocycles. The van der Waals surface area contributed by atoms with Gasteiger partial charge in [0.05, 0.1) is 0 Å². The van der Waals surface area contributed by atoms with Gasteiger partial charge in [0.1, 0.15) is 12.4 Å². The van der Waals surface area contributed by atoms with Crippen LogP contribution in [0.2, 0.25) is 0 Å². The number of carbonyl (C=O) groups is 1. The van der Waals surface area contributed by atoms with Crippen LogP contribution in [0.5, 0.6) is 5.75 Å². The van der Waals surface area contributed by atoms with E-state index in [1.54, 1.807) is 6.08 Å². The number of allylic oxidation sites excluding steroid dienone is 1. The third-order valence-electron chi connectivity index (χ3n) is 4.56. The zero-order valence-corrected chi connectivity index (χ0v) is 16.4. The summed E-state index contributed by atoms with van der Waals surface area (Å²) in [5, 5.41) is 8.86. The molecule has 0 saturated carbocycles. The molecule has 0 saturated heterocycles. The number of rotatable bonds is 8. The predicted octanol–water partition coefficient (Wildman–Crippen LogP) is 5.93. The van der Waals surface area contributed by atoms with Crippen molar-refractivity contribution < 1.29 is 14.6 Å². The third-order valence-corrected chi connectivity index (χ3v) is 4.56. The van der Waals surface area contributed by atoms with Crippen molar-refractivity contribution in [3.8, 4) is 5.75 Å². The molecule has 0 bridgehead atoms.